The first-order chi connectivity index (χ1) is 13.6. The first-order valence-electron chi connectivity index (χ1n) is 9.21. The van der Waals surface area contributed by atoms with Gasteiger partial charge in [-0.05, 0) is 41.8 Å². The molecule has 0 spiro atoms. The number of morpholine rings is 1. The molecule has 150 valence electrons. The van der Waals surface area contributed by atoms with Crippen LogP contribution in [0.25, 0.3) is 0 Å². The van der Waals surface area contributed by atoms with Crippen molar-refractivity contribution in [2.75, 3.05) is 40.5 Å². The van der Waals surface area contributed by atoms with Gasteiger partial charge in [0.1, 0.15) is 11.9 Å². The van der Waals surface area contributed by atoms with Crippen LogP contribution in [0.4, 0.5) is 9.18 Å². The molecule has 1 saturated heterocycles. The highest BCUT2D eigenvalue weighted by Gasteiger charge is 2.25. The van der Waals surface area contributed by atoms with E-state index in [2.05, 4.69) is 5.32 Å². The number of carbonyl (C=O) groups is 1. The van der Waals surface area contributed by atoms with Crippen molar-refractivity contribution in [1.82, 2.24) is 10.2 Å². The van der Waals surface area contributed by atoms with Crippen LogP contribution >= 0.6 is 0 Å². The predicted octanol–water partition coefficient (Wildman–Crippen LogP) is 3.17. The summed E-state index contributed by atoms with van der Waals surface area (Å²) in [6, 6.07) is 11.8. The Balaban J connectivity index is 1.51. The number of halogens is 1. The lowest BCUT2D eigenvalue weighted by Gasteiger charge is -2.33. The molecule has 1 atom stereocenters. The summed E-state index contributed by atoms with van der Waals surface area (Å²) < 4.78 is 29.4. The molecule has 1 N–H and O–H groups in total. The summed E-state index contributed by atoms with van der Waals surface area (Å²) in [5.74, 6) is 1.06. The lowest BCUT2D eigenvalue weighted by atomic mass is 10.1. The standard InChI is InChI=1S/C21H25FN2O4/c1-26-18-8-3-15(13-19(18)27-2)9-10-23-21(25)24-11-12-28-20(14-24)16-4-6-17(22)7-5-16/h3-8,13,20H,9-12,14H2,1-2H3,(H,23,25). The largest absolute Gasteiger partial charge is 0.493 e. The maximum atomic E-state index is 13.1. The van der Waals surface area contributed by atoms with Crippen molar-refractivity contribution >= 4 is 6.03 Å². The lowest BCUT2D eigenvalue weighted by Crippen LogP contribution is -2.47. The van der Waals surface area contributed by atoms with E-state index in [-0.39, 0.29) is 18.0 Å². The van der Waals surface area contributed by atoms with Gasteiger partial charge in [0, 0.05) is 13.1 Å². The van der Waals surface area contributed by atoms with Gasteiger partial charge in [0.15, 0.2) is 11.5 Å². The Morgan fingerprint density at radius 2 is 1.93 bits per heavy atom. The van der Waals surface area contributed by atoms with E-state index in [0.717, 1.165) is 11.1 Å². The van der Waals surface area contributed by atoms with E-state index in [1.807, 2.05) is 18.2 Å². The van der Waals surface area contributed by atoms with Gasteiger partial charge in [-0.2, -0.15) is 0 Å². The smallest absolute Gasteiger partial charge is 0.317 e. The molecule has 0 aliphatic carbocycles. The topological polar surface area (TPSA) is 60.0 Å². The zero-order valence-corrected chi connectivity index (χ0v) is 16.1. The second-order valence-corrected chi connectivity index (χ2v) is 6.53. The molecule has 0 bridgehead atoms. The number of rotatable bonds is 6. The van der Waals surface area contributed by atoms with Gasteiger partial charge in [0.25, 0.3) is 0 Å². The van der Waals surface area contributed by atoms with Crippen LogP contribution in [-0.2, 0) is 11.2 Å². The number of benzene rings is 2. The average Bonchev–Trinajstić information content (AvgIpc) is 2.74. The Morgan fingerprint density at radius 3 is 2.64 bits per heavy atom. The number of hydrogen-bond donors (Lipinski definition) is 1. The van der Waals surface area contributed by atoms with Gasteiger partial charge in [-0.3, -0.25) is 0 Å². The van der Waals surface area contributed by atoms with Crippen LogP contribution in [0.3, 0.4) is 0 Å². The predicted molar refractivity (Wildman–Crippen MR) is 103 cm³/mol. The Kier molecular flexibility index (Phi) is 6.71. The molecule has 28 heavy (non-hydrogen) atoms. The minimum absolute atomic E-state index is 0.129. The van der Waals surface area contributed by atoms with Crippen molar-refractivity contribution in [3.05, 3.63) is 59.4 Å². The van der Waals surface area contributed by atoms with Crippen LogP contribution in [0.1, 0.15) is 17.2 Å². The molecular weight excluding hydrogens is 363 g/mol. The molecule has 1 aliphatic rings. The summed E-state index contributed by atoms with van der Waals surface area (Å²) in [6.07, 6.45) is 0.434. The van der Waals surface area contributed by atoms with Crippen molar-refractivity contribution in [2.45, 2.75) is 12.5 Å². The van der Waals surface area contributed by atoms with Gasteiger partial charge < -0.3 is 24.4 Å². The van der Waals surface area contributed by atoms with E-state index >= 15 is 0 Å². The first-order valence-corrected chi connectivity index (χ1v) is 9.21. The Morgan fingerprint density at radius 1 is 1.18 bits per heavy atom. The van der Waals surface area contributed by atoms with E-state index in [9.17, 15) is 9.18 Å². The fourth-order valence-corrected chi connectivity index (χ4v) is 3.17. The van der Waals surface area contributed by atoms with Crippen LogP contribution in [-0.4, -0.2) is 51.4 Å². The first kappa shape index (κ1) is 19.9. The lowest BCUT2D eigenvalue weighted by molar-refractivity contribution is -0.0154. The summed E-state index contributed by atoms with van der Waals surface area (Å²) in [5.41, 5.74) is 1.91. The number of nitrogens with one attached hydrogen (secondary N) is 1. The number of amides is 2. The number of methoxy groups -OCH3 is 2. The molecule has 6 nitrogen and oxygen atoms in total. The highest BCUT2D eigenvalue weighted by molar-refractivity contribution is 5.74. The molecule has 1 unspecified atom stereocenters. The Labute approximate surface area is 164 Å². The molecule has 7 heteroatoms. The maximum Gasteiger partial charge on any atom is 0.317 e. The molecule has 1 aliphatic heterocycles. The summed E-state index contributed by atoms with van der Waals surface area (Å²) in [5, 5.41) is 2.95. The molecule has 1 heterocycles. The number of hydrogen-bond acceptors (Lipinski definition) is 4. The van der Waals surface area contributed by atoms with Crippen molar-refractivity contribution in [2.24, 2.45) is 0 Å². The molecular formula is C21H25FN2O4. The van der Waals surface area contributed by atoms with Crippen molar-refractivity contribution in [3.8, 4) is 11.5 Å². The molecule has 0 radical (unpaired) electrons. The molecule has 1 fully saturated rings. The van der Waals surface area contributed by atoms with Crippen LogP contribution in [0.15, 0.2) is 42.5 Å². The number of carbonyl (C=O) groups excluding carboxylic acids is 1. The number of urea groups is 1. The van der Waals surface area contributed by atoms with E-state index in [0.29, 0.717) is 44.2 Å². The van der Waals surface area contributed by atoms with Crippen molar-refractivity contribution < 1.29 is 23.4 Å². The monoisotopic (exact) mass is 388 g/mol. The molecule has 2 aromatic carbocycles. The second-order valence-electron chi connectivity index (χ2n) is 6.53. The van der Waals surface area contributed by atoms with E-state index < -0.39 is 0 Å². The highest BCUT2D eigenvalue weighted by atomic mass is 19.1. The van der Waals surface area contributed by atoms with Gasteiger partial charge in [-0.25, -0.2) is 9.18 Å². The number of ether oxygens (including phenoxy) is 3. The third kappa shape index (κ3) is 4.92. The fraction of sp³-hybridized carbons (Fsp3) is 0.381. The van der Waals surface area contributed by atoms with Crippen molar-refractivity contribution in [3.63, 3.8) is 0 Å². The summed E-state index contributed by atoms with van der Waals surface area (Å²) >= 11 is 0. The van der Waals surface area contributed by atoms with Gasteiger partial charge >= 0.3 is 6.03 Å². The summed E-state index contributed by atoms with van der Waals surface area (Å²) in [6.45, 7) is 1.92. The van der Waals surface area contributed by atoms with Crippen LogP contribution in [0.5, 0.6) is 11.5 Å². The van der Waals surface area contributed by atoms with Crippen LogP contribution in [0, 0.1) is 5.82 Å². The Bertz CT molecular complexity index is 797. The summed E-state index contributed by atoms with van der Waals surface area (Å²) in [4.78, 5) is 14.2. The summed E-state index contributed by atoms with van der Waals surface area (Å²) in [7, 11) is 3.19. The third-order valence-electron chi connectivity index (χ3n) is 4.73. The van der Waals surface area contributed by atoms with Gasteiger partial charge in [-0.1, -0.05) is 18.2 Å². The highest BCUT2D eigenvalue weighted by Crippen LogP contribution is 2.27. The van der Waals surface area contributed by atoms with Gasteiger partial charge in [-0.15, -0.1) is 0 Å². The average molecular weight is 388 g/mol. The third-order valence-corrected chi connectivity index (χ3v) is 4.73. The zero-order chi connectivity index (χ0) is 19.9. The van der Waals surface area contributed by atoms with E-state index in [1.54, 1.807) is 31.3 Å². The maximum absolute atomic E-state index is 13.1. The number of nitrogens with zero attached hydrogens (tertiary/aromatic N) is 1. The van der Waals surface area contributed by atoms with E-state index in [1.165, 1.54) is 12.1 Å². The SMILES string of the molecule is COc1ccc(CCNC(=O)N2CCOC(c3ccc(F)cc3)C2)cc1OC. The molecule has 3 rings (SSSR count). The minimum Gasteiger partial charge on any atom is -0.493 e. The fourth-order valence-electron chi connectivity index (χ4n) is 3.17. The van der Waals surface area contributed by atoms with Crippen LogP contribution in [0.2, 0.25) is 0 Å². The molecule has 0 saturated carbocycles. The minimum atomic E-state index is -0.288. The van der Waals surface area contributed by atoms with Gasteiger partial charge in [0.05, 0.1) is 27.4 Å². The second kappa shape index (κ2) is 9.41. The quantitative estimate of drug-likeness (QED) is 0.826. The van der Waals surface area contributed by atoms with E-state index in [4.69, 9.17) is 14.2 Å². The molecule has 2 amide bonds. The van der Waals surface area contributed by atoms with Crippen molar-refractivity contribution in [1.29, 1.82) is 0 Å². The zero-order valence-electron chi connectivity index (χ0n) is 16.1. The molecule has 0 aromatic heterocycles. The van der Waals surface area contributed by atoms with Crippen LogP contribution < -0.4 is 14.8 Å². The van der Waals surface area contributed by atoms with Gasteiger partial charge in [0.2, 0.25) is 0 Å². The molecule has 2 aromatic rings. The normalized spacial score (nSPS) is 16.5. The Hall–Kier alpha value is -2.80.